The molecular weight excluding hydrogens is 250 g/mol. The number of imide groups is 1. The summed E-state index contributed by atoms with van der Waals surface area (Å²) in [5.74, 6) is -0.0346. The molecule has 1 atom stereocenters. The lowest BCUT2D eigenvalue weighted by Gasteiger charge is -2.23. The zero-order valence-corrected chi connectivity index (χ0v) is 11.6. The molecule has 0 spiro atoms. The third kappa shape index (κ3) is 2.90. The number of hydrogen-bond acceptors (Lipinski definition) is 4. The molecule has 2 rings (SSSR count). The largest absolute Gasteiger partial charge is 0.443 e. The molecule has 5 heteroatoms. The summed E-state index contributed by atoms with van der Waals surface area (Å²) in [5.41, 5.74) is -0.571. The summed E-state index contributed by atoms with van der Waals surface area (Å²) < 4.78 is 5.23. The van der Waals surface area contributed by atoms with Gasteiger partial charge in [0, 0.05) is 23.8 Å². The lowest BCUT2D eigenvalue weighted by molar-refractivity contribution is -0.126. The van der Waals surface area contributed by atoms with E-state index in [2.05, 4.69) is 0 Å². The Morgan fingerprint density at radius 2 is 2.22 bits per heavy atom. The van der Waals surface area contributed by atoms with Gasteiger partial charge in [0.2, 0.25) is 5.91 Å². The van der Waals surface area contributed by atoms with Crippen LogP contribution in [0.1, 0.15) is 38.0 Å². The summed E-state index contributed by atoms with van der Waals surface area (Å²) in [6, 6.07) is 3.96. The first kappa shape index (κ1) is 13.1. The van der Waals surface area contributed by atoms with Gasteiger partial charge in [-0.05, 0) is 32.2 Å². The number of thiophene rings is 1. The van der Waals surface area contributed by atoms with E-state index in [1.54, 1.807) is 32.1 Å². The van der Waals surface area contributed by atoms with Crippen LogP contribution in [-0.4, -0.2) is 29.0 Å². The highest BCUT2D eigenvalue weighted by Gasteiger charge is 2.37. The fourth-order valence-corrected chi connectivity index (χ4v) is 2.74. The van der Waals surface area contributed by atoms with Crippen molar-refractivity contribution in [2.24, 2.45) is 0 Å². The Morgan fingerprint density at radius 1 is 1.50 bits per heavy atom. The van der Waals surface area contributed by atoms with E-state index in [1.807, 2.05) is 17.5 Å². The van der Waals surface area contributed by atoms with E-state index in [-0.39, 0.29) is 11.8 Å². The van der Waals surface area contributed by atoms with Gasteiger partial charge >= 0.3 is 6.09 Å². The number of likely N-dealkylation sites (tertiary alicyclic amines) is 1. The second kappa shape index (κ2) is 4.72. The quantitative estimate of drug-likeness (QED) is 0.785. The summed E-state index contributed by atoms with van der Waals surface area (Å²) in [6.45, 7) is 5.81. The molecule has 0 saturated carbocycles. The normalized spacial score (nSPS) is 20.3. The van der Waals surface area contributed by atoms with Crippen LogP contribution in [0.5, 0.6) is 0 Å². The summed E-state index contributed by atoms with van der Waals surface area (Å²) >= 11 is 1.62. The Bertz CT molecular complexity index is 447. The fraction of sp³-hybridized carbons (Fsp3) is 0.538. The molecule has 0 radical (unpaired) electrons. The zero-order chi connectivity index (χ0) is 13.3. The molecule has 0 aromatic carbocycles. The predicted molar refractivity (Wildman–Crippen MR) is 69.6 cm³/mol. The smallest absolute Gasteiger partial charge is 0.417 e. The van der Waals surface area contributed by atoms with Crippen LogP contribution in [-0.2, 0) is 9.53 Å². The molecule has 4 nitrogen and oxygen atoms in total. The molecule has 2 amide bonds. The van der Waals surface area contributed by atoms with Crippen molar-refractivity contribution in [2.45, 2.75) is 38.7 Å². The molecule has 0 N–H and O–H groups in total. The van der Waals surface area contributed by atoms with E-state index in [0.717, 1.165) is 4.88 Å². The number of carbonyl (C=O) groups excluding carboxylic acids is 2. The minimum Gasteiger partial charge on any atom is -0.443 e. The fourth-order valence-electron chi connectivity index (χ4n) is 1.92. The maximum Gasteiger partial charge on any atom is 0.417 e. The molecule has 1 aliphatic heterocycles. The van der Waals surface area contributed by atoms with E-state index >= 15 is 0 Å². The van der Waals surface area contributed by atoms with Gasteiger partial charge in [0.25, 0.3) is 0 Å². The predicted octanol–water partition coefficient (Wildman–Crippen LogP) is 3.00. The van der Waals surface area contributed by atoms with Gasteiger partial charge in [-0.15, -0.1) is 11.3 Å². The summed E-state index contributed by atoms with van der Waals surface area (Å²) in [5, 5.41) is 1.98. The molecule has 0 bridgehead atoms. The Kier molecular flexibility index (Phi) is 3.43. The Balaban J connectivity index is 2.04. The molecule has 1 aromatic rings. The number of ether oxygens (including phenoxy) is 1. The molecule has 1 aromatic heterocycles. The number of rotatable bonds is 1. The first-order chi connectivity index (χ1) is 8.37. The summed E-state index contributed by atoms with van der Waals surface area (Å²) in [7, 11) is 0. The number of hydrogen-bond donors (Lipinski definition) is 0. The Labute approximate surface area is 111 Å². The molecule has 0 aliphatic carbocycles. The molecule has 2 heterocycles. The van der Waals surface area contributed by atoms with Gasteiger partial charge in [0.05, 0.1) is 0 Å². The first-order valence-electron chi connectivity index (χ1n) is 5.93. The SMILES string of the molecule is CC(C)(C)OC(=O)N1CC(c2cccs2)CC1=O. The topological polar surface area (TPSA) is 46.6 Å². The third-order valence-corrected chi connectivity index (χ3v) is 3.72. The highest BCUT2D eigenvalue weighted by atomic mass is 32.1. The minimum absolute atomic E-state index is 0.116. The zero-order valence-electron chi connectivity index (χ0n) is 10.8. The lowest BCUT2D eigenvalue weighted by Crippen LogP contribution is -2.37. The van der Waals surface area contributed by atoms with Crippen LogP contribution < -0.4 is 0 Å². The van der Waals surface area contributed by atoms with E-state index < -0.39 is 11.7 Å². The summed E-state index contributed by atoms with van der Waals surface area (Å²) in [6.07, 6.45) is -0.147. The van der Waals surface area contributed by atoms with Crippen LogP contribution in [0.4, 0.5) is 4.79 Å². The van der Waals surface area contributed by atoms with Crippen LogP contribution >= 0.6 is 11.3 Å². The second-order valence-corrected chi connectivity index (χ2v) is 6.38. The van der Waals surface area contributed by atoms with Gasteiger partial charge in [0.1, 0.15) is 5.60 Å². The van der Waals surface area contributed by atoms with Gasteiger partial charge in [-0.2, -0.15) is 0 Å². The van der Waals surface area contributed by atoms with Crippen LogP contribution in [0.2, 0.25) is 0 Å². The number of nitrogens with zero attached hydrogens (tertiary/aromatic N) is 1. The average molecular weight is 267 g/mol. The molecule has 18 heavy (non-hydrogen) atoms. The van der Waals surface area contributed by atoms with Crippen molar-refractivity contribution in [1.82, 2.24) is 4.90 Å². The van der Waals surface area contributed by atoms with E-state index in [0.29, 0.717) is 13.0 Å². The number of amides is 2. The Hall–Kier alpha value is -1.36. The molecule has 98 valence electrons. The van der Waals surface area contributed by atoms with Crippen molar-refractivity contribution in [3.8, 4) is 0 Å². The van der Waals surface area contributed by atoms with Crippen molar-refractivity contribution in [1.29, 1.82) is 0 Å². The monoisotopic (exact) mass is 267 g/mol. The van der Waals surface area contributed by atoms with Crippen LogP contribution in [0.3, 0.4) is 0 Å². The molecule has 1 unspecified atom stereocenters. The average Bonchev–Trinajstić information content (AvgIpc) is 2.82. The molecular formula is C13H17NO3S. The number of carbonyl (C=O) groups is 2. The van der Waals surface area contributed by atoms with Gasteiger partial charge in [0.15, 0.2) is 0 Å². The van der Waals surface area contributed by atoms with Crippen LogP contribution in [0.15, 0.2) is 17.5 Å². The Morgan fingerprint density at radius 3 is 2.78 bits per heavy atom. The van der Waals surface area contributed by atoms with E-state index in [4.69, 9.17) is 4.74 Å². The van der Waals surface area contributed by atoms with Crippen molar-refractivity contribution in [3.05, 3.63) is 22.4 Å². The van der Waals surface area contributed by atoms with Crippen LogP contribution in [0, 0.1) is 0 Å². The van der Waals surface area contributed by atoms with E-state index in [1.165, 1.54) is 4.90 Å². The van der Waals surface area contributed by atoms with Crippen molar-refractivity contribution in [3.63, 3.8) is 0 Å². The van der Waals surface area contributed by atoms with Crippen LogP contribution in [0.25, 0.3) is 0 Å². The van der Waals surface area contributed by atoms with Gasteiger partial charge in [-0.1, -0.05) is 6.07 Å². The van der Waals surface area contributed by atoms with Gasteiger partial charge in [-0.25, -0.2) is 9.69 Å². The summed E-state index contributed by atoms with van der Waals surface area (Å²) in [4.78, 5) is 26.1. The van der Waals surface area contributed by atoms with E-state index in [9.17, 15) is 9.59 Å². The first-order valence-corrected chi connectivity index (χ1v) is 6.81. The second-order valence-electron chi connectivity index (χ2n) is 5.40. The van der Waals surface area contributed by atoms with Crippen molar-refractivity contribution in [2.75, 3.05) is 6.54 Å². The minimum atomic E-state index is -0.571. The third-order valence-electron chi connectivity index (χ3n) is 2.68. The highest BCUT2D eigenvalue weighted by Crippen LogP contribution is 2.31. The lowest BCUT2D eigenvalue weighted by atomic mass is 10.1. The van der Waals surface area contributed by atoms with Gasteiger partial charge < -0.3 is 4.74 Å². The highest BCUT2D eigenvalue weighted by molar-refractivity contribution is 7.10. The maximum absolute atomic E-state index is 11.9. The van der Waals surface area contributed by atoms with Crippen molar-refractivity contribution >= 4 is 23.3 Å². The van der Waals surface area contributed by atoms with Gasteiger partial charge in [-0.3, -0.25) is 4.79 Å². The molecule has 1 aliphatic rings. The standard InChI is InChI=1S/C13H17NO3S/c1-13(2,3)17-12(16)14-8-9(7-11(14)15)10-5-4-6-18-10/h4-6,9H,7-8H2,1-3H3. The molecule has 1 fully saturated rings. The van der Waals surface area contributed by atoms with Crippen molar-refractivity contribution < 1.29 is 14.3 Å². The maximum atomic E-state index is 11.9. The molecule has 1 saturated heterocycles.